The van der Waals surface area contributed by atoms with Crippen LogP contribution in [0.15, 0.2) is 24.3 Å². The minimum absolute atomic E-state index is 0.0457. The van der Waals surface area contributed by atoms with Gasteiger partial charge in [0.05, 0.1) is 6.61 Å². The lowest BCUT2D eigenvalue weighted by molar-refractivity contribution is -0.117. The predicted molar refractivity (Wildman–Crippen MR) is 76.2 cm³/mol. The number of amides is 1. The molecule has 1 unspecified atom stereocenters. The van der Waals surface area contributed by atoms with E-state index in [0.29, 0.717) is 15.6 Å². The van der Waals surface area contributed by atoms with E-state index in [-0.39, 0.29) is 6.54 Å². The van der Waals surface area contributed by atoms with Gasteiger partial charge in [-0.3, -0.25) is 4.79 Å². The SMILES string of the molecule is CC(O)(CO)CNC(=O)C=Cc1cc(Cl)ccc1Cl. The molecule has 0 aliphatic heterocycles. The first-order chi connectivity index (χ1) is 8.84. The molecule has 4 nitrogen and oxygen atoms in total. The topological polar surface area (TPSA) is 69.6 Å². The number of rotatable bonds is 5. The summed E-state index contributed by atoms with van der Waals surface area (Å²) < 4.78 is 0. The maximum absolute atomic E-state index is 11.5. The molecule has 3 N–H and O–H groups in total. The van der Waals surface area contributed by atoms with Crippen molar-refractivity contribution in [3.8, 4) is 0 Å². The molecule has 19 heavy (non-hydrogen) atoms. The van der Waals surface area contributed by atoms with E-state index < -0.39 is 18.1 Å². The van der Waals surface area contributed by atoms with Gasteiger partial charge in [-0.05, 0) is 36.8 Å². The standard InChI is InChI=1S/C13H15Cl2NO3/c1-13(19,8-17)7-16-12(18)5-2-9-6-10(14)3-4-11(9)15/h2-6,17,19H,7-8H2,1H3,(H,16,18). The predicted octanol–water partition coefficient (Wildman–Crippen LogP) is 1.87. The monoisotopic (exact) mass is 303 g/mol. The molecule has 0 saturated carbocycles. The zero-order valence-corrected chi connectivity index (χ0v) is 11.9. The van der Waals surface area contributed by atoms with E-state index in [1.807, 2.05) is 0 Å². The summed E-state index contributed by atoms with van der Waals surface area (Å²) >= 11 is 11.8. The Morgan fingerprint density at radius 3 is 2.79 bits per heavy atom. The molecule has 0 heterocycles. The second-order valence-electron chi connectivity index (χ2n) is 4.37. The van der Waals surface area contributed by atoms with Crippen LogP contribution in [-0.4, -0.2) is 34.9 Å². The Labute approximate surface area is 121 Å². The highest BCUT2D eigenvalue weighted by atomic mass is 35.5. The van der Waals surface area contributed by atoms with Gasteiger partial charge in [0.25, 0.3) is 0 Å². The number of hydrogen-bond acceptors (Lipinski definition) is 3. The van der Waals surface area contributed by atoms with Crippen molar-refractivity contribution >= 4 is 35.2 Å². The summed E-state index contributed by atoms with van der Waals surface area (Å²) in [6.07, 6.45) is 2.81. The minimum atomic E-state index is -1.34. The van der Waals surface area contributed by atoms with Crippen LogP contribution in [0.1, 0.15) is 12.5 Å². The van der Waals surface area contributed by atoms with Crippen molar-refractivity contribution in [1.29, 1.82) is 0 Å². The fraction of sp³-hybridized carbons (Fsp3) is 0.308. The van der Waals surface area contributed by atoms with E-state index in [1.165, 1.54) is 19.1 Å². The Hall–Kier alpha value is -1.07. The van der Waals surface area contributed by atoms with Crippen LogP contribution in [0.4, 0.5) is 0 Å². The maximum Gasteiger partial charge on any atom is 0.244 e. The average Bonchev–Trinajstić information content (AvgIpc) is 2.37. The molecule has 0 radical (unpaired) electrons. The Bertz CT molecular complexity index is 487. The number of aliphatic hydroxyl groups is 2. The molecule has 0 spiro atoms. The second kappa shape index (κ2) is 6.91. The zero-order valence-electron chi connectivity index (χ0n) is 10.4. The van der Waals surface area contributed by atoms with Gasteiger partial charge in [0.1, 0.15) is 5.60 Å². The van der Waals surface area contributed by atoms with Gasteiger partial charge in [-0.15, -0.1) is 0 Å². The Kier molecular flexibility index (Phi) is 5.82. The van der Waals surface area contributed by atoms with Crippen LogP contribution >= 0.6 is 23.2 Å². The molecular weight excluding hydrogens is 289 g/mol. The van der Waals surface area contributed by atoms with Crippen LogP contribution < -0.4 is 5.32 Å². The zero-order chi connectivity index (χ0) is 14.5. The van der Waals surface area contributed by atoms with E-state index in [9.17, 15) is 9.90 Å². The number of nitrogens with one attached hydrogen (secondary N) is 1. The molecule has 6 heteroatoms. The lowest BCUT2D eigenvalue weighted by Crippen LogP contribution is -2.42. The van der Waals surface area contributed by atoms with Gasteiger partial charge in [0.2, 0.25) is 5.91 Å². The smallest absolute Gasteiger partial charge is 0.244 e. The van der Waals surface area contributed by atoms with Crippen molar-refractivity contribution in [2.75, 3.05) is 13.2 Å². The molecule has 1 aromatic carbocycles. The molecule has 1 rings (SSSR count). The van der Waals surface area contributed by atoms with Crippen molar-refractivity contribution in [1.82, 2.24) is 5.32 Å². The van der Waals surface area contributed by atoms with Crippen LogP contribution in [-0.2, 0) is 4.79 Å². The Morgan fingerprint density at radius 2 is 2.16 bits per heavy atom. The number of halogens is 2. The highest BCUT2D eigenvalue weighted by molar-refractivity contribution is 6.34. The van der Waals surface area contributed by atoms with Crippen LogP contribution in [0, 0.1) is 0 Å². The van der Waals surface area contributed by atoms with Crippen LogP contribution in [0.25, 0.3) is 6.08 Å². The third kappa shape index (κ3) is 5.61. The first-order valence-electron chi connectivity index (χ1n) is 5.58. The largest absolute Gasteiger partial charge is 0.393 e. The van der Waals surface area contributed by atoms with E-state index in [1.54, 1.807) is 18.2 Å². The van der Waals surface area contributed by atoms with E-state index >= 15 is 0 Å². The lowest BCUT2D eigenvalue weighted by atomic mass is 10.1. The van der Waals surface area contributed by atoms with E-state index in [2.05, 4.69) is 5.32 Å². The average molecular weight is 304 g/mol. The fourth-order valence-corrected chi connectivity index (χ4v) is 1.56. The summed E-state index contributed by atoms with van der Waals surface area (Å²) in [7, 11) is 0. The molecule has 0 aromatic heterocycles. The Balaban J connectivity index is 2.61. The number of carbonyl (C=O) groups excluding carboxylic acids is 1. The molecule has 0 aliphatic rings. The molecule has 104 valence electrons. The quantitative estimate of drug-likeness (QED) is 0.727. The van der Waals surface area contributed by atoms with Gasteiger partial charge in [-0.25, -0.2) is 0 Å². The Morgan fingerprint density at radius 1 is 1.47 bits per heavy atom. The summed E-state index contributed by atoms with van der Waals surface area (Å²) in [6.45, 7) is 0.942. The number of aliphatic hydroxyl groups excluding tert-OH is 1. The van der Waals surface area contributed by atoms with Gasteiger partial charge >= 0.3 is 0 Å². The van der Waals surface area contributed by atoms with Gasteiger partial charge in [-0.1, -0.05) is 23.2 Å². The molecular formula is C13H15Cl2NO3. The van der Waals surface area contributed by atoms with Gasteiger partial charge < -0.3 is 15.5 Å². The third-order valence-electron chi connectivity index (χ3n) is 2.36. The first kappa shape index (κ1) is 16.0. The summed E-state index contributed by atoms with van der Waals surface area (Å²) in [6, 6.07) is 4.93. The molecule has 1 atom stereocenters. The summed E-state index contributed by atoms with van der Waals surface area (Å²) in [5.74, 6) is -0.398. The number of hydrogen-bond donors (Lipinski definition) is 3. The number of benzene rings is 1. The first-order valence-corrected chi connectivity index (χ1v) is 6.34. The summed E-state index contributed by atoms with van der Waals surface area (Å²) in [5, 5.41) is 21.8. The highest BCUT2D eigenvalue weighted by Crippen LogP contribution is 2.21. The van der Waals surface area contributed by atoms with Crippen LogP contribution in [0.2, 0.25) is 10.0 Å². The molecule has 0 bridgehead atoms. The van der Waals surface area contributed by atoms with Gasteiger partial charge in [0.15, 0.2) is 0 Å². The summed E-state index contributed by atoms with van der Waals surface area (Å²) in [5.41, 5.74) is -0.713. The van der Waals surface area contributed by atoms with Crippen LogP contribution in [0.5, 0.6) is 0 Å². The van der Waals surface area contributed by atoms with E-state index in [4.69, 9.17) is 28.3 Å². The van der Waals surface area contributed by atoms with E-state index in [0.717, 1.165) is 0 Å². The third-order valence-corrected chi connectivity index (χ3v) is 2.94. The van der Waals surface area contributed by atoms with Crippen molar-refractivity contribution < 1.29 is 15.0 Å². The molecule has 0 fully saturated rings. The normalized spacial score (nSPS) is 14.4. The molecule has 1 amide bonds. The van der Waals surface area contributed by atoms with Crippen LogP contribution in [0.3, 0.4) is 0 Å². The molecule has 0 saturated heterocycles. The number of carbonyl (C=O) groups is 1. The van der Waals surface area contributed by atoms with Crippen molar-refractivity contribution in [2.24, 2.45) is 0 Å². The van der Waals surface area contributed by atoms with Gasteiger partial charge in [0, 0.05) is 22.7 Å². The molecule has 1 aromatic rings. The van der Waals surface area contributed by atoms with Crippen molar-refractivity contribution in [2.45, 2.75) is 12.5 Å². The summed E-state index contributed by atoms with van der Waals surface area (Å²) in [4.78, 5) is 11.5. The lowest BCUT2D eigenvalue weighted by Gasteiger charge is -2.19. The maximum atomic E-state index is 11.5. The minimum Gasteiger partial charge on any atom is -0.393 e. The highest BCUT2D eigenvalue weighted by Gasteiger charge is 2.18. The fourth-order valence-electron chi connectivity index (χ4n) is 1.20. The van der Waals surface area contributed by atoms with Gasteiger partial charge in [-0.2, -0.15) is 0 Å². The molecule has 0 aliphatic carbocycles. The van der Waals surface area contributed by atoms with Crippen molar-refractivity contribution in [3.63, 3.8) is 0 Å². The second-order valence-corrected chi connectivity index (χ2v) is 5.22. The van der Waals surface area contributed by atoms with Crippen molar-refractivity contribution in [3.05, 3.63) is 39.9 Å².